The van der Waals surface area contributed by atoms with Gasteiger partial charge in [-0.2, -0.15) is 5.26 Å². The fourth-order valence-electron chi connectivity index (χ4n) is 1.21. The summed E-state index contributed by atoms with van der Waals surface area (Å²) >= 11 is 0. The van der Waals surface area contributed by atoms with Gasteiger partial charge in [0.05, 0.1) is 6.61 Å². The Morgan fingerprint density at radius 2 is 2.06 bits per heavy atom. The lowest BCUT2D eigenvalue weighted by molar-refractivity contribution is -0.145. The molecule has 0 radical (unpaired) electrons. The molecule has 1 amide bonds. The van der Waals surface area contributed by atoms with Crippen LogP contribution >= 0.6 is 0 Å². The minimum Gasteiger partial charge on any atom is -0.449 e. The molecule has 0 heterocycles. The van der Waals surface area contributed by atoms with Crippen molar-refractivity contribution in [2.24, 2.45) is 0 Å². The number of amides is 1. The molecule has 2 N–H and O–H groups in total. The summed E-state index contributed by atoms with van der Waals surface area (Å²) in [4.78, 5) is 23.0. The van der Waals surface area contributed by atoms with Gasteiger partial charge in [0.25, 0.3) is 5.91 Å². The minimum atomic E-state index is -1.17. The summed E-state index contributed by atoms with van der Waals surface area (Å²) in [5.74, 6) is -1.34. The van der Waals surface area contributed by atoms with Crippen LogP contribution < -0.4 is 5.32 Å². The third-order valence-electron chi connectivity index (χ3n) is 2.09. The van der Waals surface area contributed by atoms with Crippen LogP contribution in [0.3, 0.4) is 0 Å². The van der Waals surface area contributed by atoms with Crippen LogP contribution in [-0.2, 0) is 9.53 Å². The smallest absolute Gasteiger partial charge is 0.332 e. The van der Waals surface area contributed by atoms with Crippen molar-refractivity contribution in [1.29, 1.82) is 5.26 Å². The molecular weight excluding hydrogens is 236 g/mol. The molecule has 0 bridgehead atoms. The van der Waals surface area contributed by atoms with Crippen molar-refractivity contribution in [1.82, 2.24) is 5.32 Å². The number of hydrogen-bond acceptors (Lipinski definition) is 5. The Bertz CT molecular complexity index is 453. The minimum absolute atomic E-state index is 0.365. The molecule has 0 unspecified atom stereocenters. The first-order valence-electron chi connectivity index (χ1n) is 5.19. The van der Waals surface area contributed by atoms with E-state index in [1.165, 1.54) is 0 Å². The summed E-state index contributed by atoms with van der Waals surface area (Å²) in [6.45, 7) is -1.01. The van der Waals surface area contributed by atoms with E-state index in [2.05, 4.69) is 10.1 Å². The maximum atomic E-state index is 11.7. The van der Waals surface area contributed by atoms with E-state index in [9.17, 15) is 9.59 Å². The lowest BCUT2D eigenvalue weighted by Crippen LogP contribution is -2.44. The number of aliphatic hydroxyl groups is 1. The Morgan fingerprint density at radius 1 is 1.39 bits per heavy atom. The van der Waals surface area contributed by atoms with E-state index >= 15 is 0 Å². The Labute approximate surface area is 104 Å². The third-order valence-corrected chi connectivity index (χ3v) is 2.09. The summed E-state index contributed by atoms with van der Waals surface area (Å²) in [6.07, 6.45) is 0. The van der Waals surface area contributed by atoms with Crippen LogP contribution in [-0.4, -0.2) is 36.2 Å². The van der Waals surface area contributed by atoms with E-state index in [0.717, 1.165) is 0 Å². The number of hydrogen-bond donors (Lipinski definition) is 2. The Balaban J connectivity index is 2.61. The van der Waals surface area contributed by atoms with Crippen LogP contribution in [0.25, 0.3) is 0 Å². The van der Waals surface area contributed by atoms with Crippen molar-refractivity contribution in [3.8, 4) is 6.07 Å². The molecule has 0 saturated carbocycles. The molecule has 0 spiro atoms. The van der Waals surface area contributed by atoms with Crippen LogP contribution in [0.2, 0.25) is 0 Å². The molecule has 1 atom stereocenters. The number of rotatable bonds is 5. The summed E-state index contributed by atoms with van der Waals surface area (Å²) in [7, 11) is 0. The molecule has 0 aliphatic heterocycles. The molecule has 1 aromatic rings. The number of benzene rings is 1. The molecule has 0 aliphatic carbocycles. The fourth-order valence-corrected chi connectivity index (χ4v) is 1.21. The molecule has 6 nitrogen and oxygen atoms in total. The maximum Gasteiger partial charge on any atom is 0.332 e. The zero-order chi connectivity index (χ0) is 13.4. The zero-order valence-corrected chi connectivity index (χ0v) is 9.50. The first-order chi connectivity index (χ1) is 8.69. The van der Waals surface area contributed by atoms with Crippen molar-refractivity contribution >= 4 is 11.9 Å². The molecule has 0 fully saturated rings. The van der Waals surface area contributed by atoms with Gasteiger partial charge < -0.3 is 15.2 Å². The average molecular weight is 248 g/mol. The standard InChI is InChI=1S/C12H12N2O4/c13-6-7-18-12(17)10(8-15)14-11(16)9-4-2-1-3-5-9/h1-5,10,15H,7-8H2,(H,14,16)/t10-/m0/s1. The van der Waals surface area contributed by atoms with E-state index in [4.69, 9.17) is 10.4 Å². The van der Waals surface area contributed by atoms with Gasteiger partial charge in [0.1, 0.15) is 6.07 Å². The molecule has 94 valence electrons. The highest BCUT2D eigenvalue weighted by Gasteiger charge is 2.21. The van der Waals surface area contributed by atoms with Crippen LogP contribution in [0.1, 0.15) is 10.4 Å². The monoisotopic (exact) mass is 248 g/mol. The van der Waals surface area contributed by atoms with Crippen molar-refractivity contribution < 1.29 is 19.4 Å². The topological polar surface area (TPSA) is 99.4 Å². The molecule has 0 saturated heterocycles. The number of aliphatic hydroxyl groups excluding tert-OH is 1. The second kappa shape index (κ2) is 7.04. The van der Waals surface area contributed by atoms with Gasteiger partial charge in [0.15, 0.2) is 12.6 Å². The highest BCUT2D eigenvalue weighted by atomic mass is 16.5. The predicted molar refractivity (Wildman–Crippen MR) is 61.4 cm³/mol. The van der Waals surface area contributed by atoms with E-state index in [0.29, 0.717) is 5.56 Å². The molecule has 1 aromatic carbocycles. The number of carbonyl (C=O) groups is 2. The second-order valence-electron chi connectivity index (χ2n) is 3.34. The fraction of sp³-hybridized carbons (Fsp3) is 0.250. The highest BCUT2D eigenvalue weighted by molar-refractivity contribution is 5.96. The van der Waals surface area contributed by atoms with Gasteiger partial charge in [0, 0.05) is 5.56 Å². The van der Waals surface area contributed by atoms with Crippen molar-refractivity contribution in [3.63, 3.8) is 0 Å². The first-order valence-corrected chi connectivity index (χ1v) is 5.19. The quantitative estimate of drug-likeness (QED) is 0.705. The Morgan fingerprint density at radius 3 is 2.61 bits per heavy atom. The molecule has 18 heavy (non-hydrogen) atoms. The number of nitrogens with one attached hydrogen (secondary N) is 1. The number of esters is 1. The summed E-state index contributed by atoms with van der Waals surface area (Å²) < 4.78 is 4.51. The molecule has 6 heteroatoms. The molecule has 0 aliphatic rings. The average Bonchev–Trinajstić information content (AvgIpc) is 2.42. The number of carbonyl (C=O) groups excluding carboxylic acids is 2. The molecule has 1 rings (SSSR count). The van der Waals surface area contributed by atoms with Crippen LogP contribution in [0.4, 0.5) is 0 Å². The van der Waals surface area contributed by atoms with E-state index in [-0.39, 0.29) is 0 Å². The van der Waals surface area contributed by atoms with Gasteiger partial charge in [0.2, 0.25) is 0 Å². The van der Waals surface area contributed by atoms with Gasteiger partial charge in [-0.3, -0.25) is 4.79 Å². The largest absolute Gasteiger partial charge is 0.449 e. The Hall–Kier alpha value is -2.39. The van der Waals surface area contributed by atoms with Gasteiger partial charge in [-0.25, -0.2) is 4.79 Å². The van der Waals surface area contributed by atoms with E-state index < -0.39 is 31.1 Å². The zero-order valence-electron chi connectivity index (χ0n) is 9.50. The van der Waals surface area contributed by atoms with Crippen LogP contribution in [0.15, 0.2) is 30.3 Å². The Kier molecular flexibility index (Phi) is 5.35. The summed E-state index contributed by atoms with van der Waals surface area (Å²) in [6, 6.07) is 8.70. The number of nitriles is 1. The van der Waals surface area contributed by atoms with Crippen molar-refractivity contribution in [2.45, 2.75) is 6.04 Å². The van der Waals surface area contributed by atoms with Crippen molar-refractivity contribution in [3.05, 3.63) is 35.9 Å². The second-order valence-corrected chi connectivity index (χ2v) is 3.34. The lowest BCUT2D eigenvalue weighted by Gasteiger charge is -2.14. The molecular formula is C12H12N2O4. The number of ether oxygens (including phenoxy) is 1. The van der Waals surface area contributed by atoms with Gasteiger partial charge in [-0.05, 0) is 12.1 Å². The SMILES string of the molecule is N#CCOC(=O)[C@H](CO)NC(=O)c1ccccc1. The van der Waals surface area contributed by atoms with Crippen molar-refractivity contribution in [2.75, 3.05) is 13.2 Å². The van der Waals surface area contributed by atoms with Gasteiger partial charge >= 0.3 is 5.97 Å². The third kappa shape index (κ3) is 3.88. The maximum absolute atomic E-state index is 11.7. The normalized spacial score (nSPS) is 11.1. The van der Waals surface area contributed by atoms with Gasteiger partial charge in [-0.1, -0.05) is 18.2 Å². The predicted octanol–water partition coefficient (Wildman–Crippen LogP) is -0.156. The first kappa shape index (κ1) is 13.7. The highest BCUT2D eigenvalue weighted by Crippen LogP contribution is 1.99. The summed E-state index contributed by atoms with van der Waals surface area (Å²) in [5, 5.41) is 19.6. The van der Waals surface area contributed by atoms with E-state index in [1.807, 2.05) is 0 Å². The number of nitrogens with zero attached hydrogens (tertiary/aromatic N) is 1. The van der Waals surface area contributed by atoms with E-state index in [1.54, 1.807) is 36.4 Å². The summed E-state index contributed by atoms with van der Waals surface area (Å²) in [5.41, 5.74) is 0.365. The molecule has 0 aromatic heterocycles. The van der Waals surface area contributed by atoms with Gasteiger partial charge in [-0.15, -0.1) is 0 Å². The van der Waals surface area contributed by atoms with Crippen LogP contribution in [0, 0.1) is 11.3 Å². The lowest BCUT2D eigenvalue weighted by atomic mass is 10.2. The van der Waals surface area contributed by atoms with Crippen LogP contribution in [0.5, 0.6) is 0 Å².